The number of hydrogen-bond acceptors (Lipinski definition) is 2. The molecule has 2 aliphatic rings. The summed E-state index contributed by atoms with van der Waals surface area (Å²) in [7, 11) is 0. The summed E-state index contributed by atoms with van der Waals surface area (Å²) in [5.41, 5.74) is 19.0. The maximum absolute atomic E-state index is 5.57. The monoisotopic (exact) mass is 642 g/mol. The minimum atomic E-state index is -0.0984. The molecular weight excluding hydrogens is 609 g/mol. The molecule has 4 heterocycles. The van der Waals surface area contributed by atoms with Crippen LogP contribution in [0, 0.1) is 0 Å². The van der Waals surface area contributed by atoms with Gasteiger partial charge in [-0.05, 0) is 93.0 Å². The molecule has 0 N–H and O–H groups in total. The van der Waals surface area contributed by atoms with Crippen LogP contribution in [-0.4, -0.2) is 19.1 Å². The molecule has 4 aromatic heterocycles. The molecule has 11 rings (SSSR count). The molecule has 0 saturated carbocycles. The zero-order valence-corrected chi connectivity index (χ0v) is 28.5. The third kappa shape index (κ3) is 3.40. The van der Waals surface area contributed by atoms with Gasteiger partial charge >= 0.3 is 0 Å². The Morgan fingerprint density at radius 3 is 1.68 bits per heavy atom. The lowest BCUT2D eigenvalue weighted by Gasteiger charge is -2.22. The lowest BCUT2D eigenvalue weighted by molar-refractivity contribution is 0.660. The Morgan fingerprint density at radius 1 is 0.440 bits per heavy atom. The highest BCUT2D eigenvalue weighted by Gasteiger charge is 2.37. The normalized spacial score (nSPS) is 15.1. The van der Waals surface area contributed by atoms with E-state index in [-0.39, 0.29) is 10.8 Å². The Balaban J connectivity index is 1.18. The van der Waals surface area contributed by atoms with E-state index in [4.69, 9.17) is 9.97 Å². The number of aromatic nitrogens is 4. The van der Waals surface area contributed by atoms with Crippen molar-refractivity contribution >= 4 is 44.0 Å². The zero-order valence-electron chi connectivity index (χ0n) is 28.5. The van der Waals surface area contributed by atoms with Crippen molar-refractivity contribution in [3.8, 4) is 33.6 Å². The molecule has 238 valence electrons. The molecule has 4 nitrogen and oxygen atoms in total. The van der Waals surface area contributed by atoms with E-state index < -0.39 is 0 Å². The third-order valence-electron chi connectivity index (χ3n) is 11.8. The smallest absolute Gasteiger partial charge is 0.148 e. The second-order valence-corrected chi connectivity index (χ2v) is 15.1. The van der Waals surface area contributed by atoms with E-state index in [0.29, 0.717) is 0 Å². The molecule has 0 fully saturated rings. The molecular formula is C46H34N4. The van der Waals surface area contributed by atoms with Gasteiger partial charge in [0.2, 0.25) is 0 Å². The van der Waals surface area contributed by atoms with Crippen LogP contribution in [0.15, 0.2) is 134 Å². The van der Waals surface area contributed by atoms with Crippen LogP contribution in [-0.2, 0) is 10.8 Å². The van der Waals surface area contributed by atoms with Crippen LogP contribution in [0.3, 0.4) is 0 Å². The summed E-state index contributed by atoms with van der Waals surface area (Å²) >= 11 is 0. The van der Waals surface area contributed by atoms with Crippen molar-refractivity contribution in [1.82, 2.24) is 19.1 Å². The van der Waals surface area contributed by atoms with Crippen LogP contribution in [0.2, 0.25) is 0 Å². The second-order valence-electron chi connectivity index (χ2n) is 15.1. The van der Waals surface area contributed by atoms with Gasteiger partial charge in [0.25, 0.3) is 0 Å². The number of nitrogens with zero attached hydrogens (tertiary/aromatic N) is 4. The summed E-state index contributed by atoms with van der Waals surface area (Å²) in [6.07, 6.45) is 1.90. The molecule has 50 heavy (non-hydrogen) atoms. The predicted octanol–water partition coefficient (Wildman–Crippen LogP) is 11.3. The van der Waals surface area contributed by atoms with Gasteiger partial charge < -0.3 is 4.57 Å². The molecule has 0 radical (unpaired) electrons. The van der Waals surface area contributed by atoms with Crippen molar-refractivity contribution in [2.24, 2.45) is 0 Å². The molecule has 5 aromatic carbocycles. The largest absolute Gasteiger partial charge is 0.308 e. The quantitative estimate of drug-likeness (QED) is 0.188. The summed E-state index contributed by atoms with van der Waals surface area (Å²) in [4.78, 5) is 10.5. The van der Waals surface area contributed by atoms with Gasteiger partial charge in [-0.15, -0.1) is 0 Å². The van der Waals surface area contributed by atoms with Gasteiger partial charge in [0, 0.05) is 39.2 Å². The fourth-order valence-corrected chi connectivity index (χ4v) is 9.31. The maximum atomic E-state index is 5.57. The zero-order chi connectivity index (χ0) is 33.5. The van der Waals surface area contributed by atoms with Gasteiger partial charge in [0.05, 0.1) is 27.6 Å². The highest BCUT2D eigenvalue weighted by molar-refractivity contribution is 6.15. The molecule has 0 amide bonds. The fraction of sp³-hybridized carbons (Fsp3) is 0.130. The number of rotatable bonds is 2. The van der Waals surface area contributed by atoms with E-state index in [2.05, 4.69) is 158 Å². The van der Waals surface area contributed by atoms with Gasteiger partial charge in [-0.25, -0.2) is 4.98 Å². The van der Waals surface area contributed by atoms with Crippen molar-refractivity contribution < 1.29 is 0 Å². The topological polar surface area (TPSA) is 35.6 Å². The van der Waals surface area contributed by atoms with E-state index in [1.807, 2.05) is 12.3 Å². The highest BCUT2D eigenvalue weighted by atomic mass is 15.1. The maximum Gasteiger partial charge on any atom is 0.148 e. The van der Waals surface area contributed by atoms with Gasteiger partial charge in [0.15, 0.2) is 0 Å². The van der Waals surface area contributed by atoms with Crippen LogP contribution in [0.4, 0.5) is 0 Å². The molecule has 4 heteroatoms. The molecule has 0 spiro atoms. The lowest BCUT2D eigenvalue weighted by Crippen LogP contribution is -2.15. The third-order valence-corrected chi connectivity index (χ3v) is 11.8. The average molecular weight is 643 g/mol. The number of benzene rings is 5. The molecule has 0 bridgehead atoms. The second kappa shape index (κ2) is 9.36. The van der Waals surface area contributed by atoms with Crippen molar-refractivity contribution in [3.63, 3.8) is 0 Å². The first-order chi connectivity index (χ1) is 24.3. The number of hydrogen-bond donors (Lipinski definition) is 0. The first kappa shape index (κ1) is 27.9. The Bertz CT molecular complexity index is 2730. The van der Waals surface area contributed by atoms with Crippen LogP contribution < -0.4 is 0 Å². The summed E-state index contributed by atoms with van der Waals surface area (Å²) in [5.74, 6) is 0. The Kier molecular flexibility index (Phi) is 5.23. The Morgan fingerprint density at radius 2 is 1.00 bits per heavy atom. The van der Waals surface area contributed by atoms with Crippen LogP contribution in [0.25, 0.3) is 77.6 Å². The minimum Gasteiger partial charge on any atom is -0.308 e. The standard InChI is InChI=1S/C46H34N4/c1-45(2)35-15-8-5-12-29(35)31-21-19-27(24-37(31)45)49-39-17-10-7-14-33(39)43-41(49)26-34-42-40(18-11-23-47-42)50(44(34)48-43)28-20-22-32-30-13-6-9-16-36(30)46(3,4)38(32)25-28/h5-26H,1-4H3. The van der Waals surface area contributed by atoms with Crippen molar-refractivity contribution in [1.29, 1.82) is 0 Å². The summed E-state index contributed by atoms with van der Waals surface area (Å²) in [6, 6.07) is 46.8. The first-order valence-corrected chi connectivity index (χ1v) is 17.5. The summed E-state index contributed by atoms with van der Waals surface area (Å²) < 4.78 is 4.72. The Hall–Kier alpha value is -6.00. The minimum absolute atomic E-state index is 0.0879. The van der Waals surface area contributed by atoms with E-state index >= 15 is 0 Å². The van der Waals surface area contributed by atoms with Crippen molar-refractivity contribution in [2.75, 3.05) is 0 Å². The summed E-state index contributed by atoms with van der Waals surface area (Å²) in [5, 5.41) is 2.19. The van der Waals surface area contributed by atoms with Gasteiger partial charge in [0.1, 0.15) is 5.65 Å². The number of para-hydroxylation sites is 1. The summed E-state index contributed by atoms with van der Waals surface area (Å²) in [6.45, 7) is 9.37. The lowest BCUT2D eigenvalue weighted by atomic mass is 9.82. The van der Waals surface area contributed by atoms with Gasteiger partial charge in [-0.1, -0.05) is 107 Å². The van der Waals surface area contributed by atoms with Crippen LogP contribution in [0.5, 0.6) is 0 Å². The number of pyridine rings is 2. The highest BCUT2D eigenvalue weighted by Crippen LogP contribution is 2.51. The van der Waals surface area contributed by atoms with Gasteiger partial charge in [-0.3, -0.25) is 9.55 Å². The molecule has 0 aliphatic heterocycles. The van der Waals surface area contributed by atoms with E-state index in [1.54, 1.807) is 0 Å². The molecule has 0 unspecified atom stereocenters. The SMILES string of the molecule is CC1(C)c2ccccc2-c2ccc(-n3c4ccccc4c4nc5c(cc43)c3ncccc3n5-c3ccc4c(c3)C(C)(C)c3ccccc3-4)cc21. The van der Waals surface area contributed by atoms with E-state index in [0.717, 1.165) is 55.4 Å². The molecule has 0 atom stereocenters. The fourth-order valence-electron chi connectivity index (χ4n) is 9.31. The first-order valence-electron chi connectivity index (χ1n) is 17.5. The predicted molar refractivity (Wildman–Crippen MR) is 206 cm³/mol. The van der Waals surface area contributed by atoms with Crippen molar-refractivity contribution in [2.45, 2.75) is 38.5 Å². The van der Waals surface area contributed by atoms with Gasteiger partial charge in [-0.2, -0.15) is 0 Å². The van der Waals surface area contributed by atoms with Crippen LogP contribution >= 0.6 is 0 Å². The van der Waals surface area contributed by atoms with E-state index in [9.17, 15) is 0 Å². The van der Waals surface area contributed by atoms with E-state index in [1.165, 1.54) is 44.5 Å². The average Bonchev–Trinajstić information content (AvgIpc) is 3.79. The van der Waals surface area contributed by atoms with Crippen LogP contribution in [0.1, 0.15) is 49.9 Å². The molecule has 0 saturated heterocycles. The Labute approximate surface area is 290 Å². The molecule has 9 aromatic rings. The molecule has 2 aliphatic carbocycles. The van der Waals surface area contributed by atoms with Crippen molar-refractivity contribution in [3.05, 3.63) is 156 Å². The number of fused-ring (bicyclic) bond motifs is 12.